The standard InChI is InChI=1S/C20H33N3OS.HI/c1-2-21-20(23-17-19-11-8-16-25-19)22-13-6-7-14-24-15-12-18-9-4-3-5-10-18;/h3-5,9-10,19H,2,6-8,11-17H2,1H3,(H2,21,22,23);1H. The van der Waals surface area contributed by atoms with Crippen LogP contribution in [0.4, 0.5) is 0 Å². The highest BCUT2D eigenvalue weighted by molar-refractivity contribution is 14.0. The fourth-order valence-corrected chi connectivity index (χ4v) is 3.98. The molecule has 4 nitrogen and oxygen atoms in total. The molecule has 0 aromatic heterocycles. The summed E-state index contributed by atoms with van der Waals surface area (Å²) in [6.07, 6.45) is 5.84. The van der Waals surface area contributed by atoms with Crippen molar-refractivity contribution < 1.29 is 4.74 Å². The molecule has 0 amide bonds. The minimum Gasteiger partial charge on any atom is -0.381 e. The van der Waals surface area contributed by atoms with Crippen LogP contribution in [0.1, 0.15) is 38.2 Å². The topological polar surface area (TPSA) is 45.7 Å². The Labute approximate surface area is 180 Å². The number of nitrogens with one attached hydrogen (secondary N) is 2. The van der Waals surface area contributed by atoms with Gasteiger partial charge in [0.15, 0.2) is 5.96 Å². The van der Waals surface area contributed by atoms with Crippen LogP contribution in [-0.4, -0.2) is 49.8 Å². The molecule has 1 fully saturated rings. The molecule has 6 heteroatoms. The second-order valence-electron chi connectivity index (χ2n) is 6.34. The number of thioether (sulfide) groups is 1. The van der Waals surface area contributed by atoms with Crippen molar-refractivity contribution >= 4 is 41.7 Å². The highest BCUT2D eigenvalue weighted by Gasteiger charge is 2.14. The summed E-state index contributed by atoms with van der Waals surface area (Å²) in [5.41, 5.74) is 1.34. The summed E-state index contributed by atoms with van der Waals surface area (Å²) in [6, 6.07) is 10.5. The van der Waals surface area contributed by atoms with E-state index in [1.54, 1.807) is 0 Å². The summed E-state index contributed by atoms with van der Waals surface area (Å²) in [7, 11) is 0. The van der Waals surface area contributed by atoms with Crippen molar-refractivity contribution in [3.05, 3.63) is 35.9 Å². The number of nitrogens with zero attached hydrogens (tertiary/aromatic N) is 1. The molecule has 1 aliphatic rings. The van der Waals surface area contributed by atoms with Crippen LogP contribution < -0.4 is 10.6 Å². The van der Waals surface area contributed by atoms with Crippen LogP contribution in [0.3, 0.4) is 0 Å². The van der Waals surface area contributed by atoms with Gasteiger partial charge in [0.05, 0.1) is 13.2 Å². The summed E-state index contributed by atoms with van der Waals surface area (Å²) >= 11 is 2.06. The molecule has 2 N–H and O–H groups in total. The van der Waals surface area contributed by atoms with Gasteiger partial charge in [-0.3, -0.25) is 4.99 Å². The Kier molecular flexibility index (Phi) is 14.1. The van der Waals surface area contributed by atoms with E-state index < -0.39 is 0 Å². The molecular weight excluding hydrogens is 457 g/mol. The molecule has 1 aliphatic heterocycles. The van der Waals surface area contributed by atoms with E-state index in [-0.39, 0.29) is 24.0 Å². The first-order chi connectivity index (χ1) is 12.4. The molecule has 0 spiro atoms. The molecule has 1 saturated heterocycles. The summed E-state index contributed by atoms with van der Waals surface area (Å²) < 4.78 is 5.73. The fraction of sp³-hybridized carbons (Fsp3) is 0.650. The number of halogens is 1. The molecule has 1 unspecified atom stereocenters. The van der Waals surface area contributed by atoms with E-state index in [0.29, 0.717) is 5.25 Å². The average Bonchev–Trinajstić information content (AvgIpc) is 3.16. The average molecular weight is 491 g/mol. The number of ether oxygens (including phenoxy) is 1. The largest absolute Gasteiger partial charge is 0.381 e. The van der Waals surface area contributed by atoms with Gasteiger partial charge in [0.2, 0.25) is 0 Å². The van der Waals surface area contributed by atoms with Crippen molar-refractivity contribution in [2.75, 3.05) is 38.6 Å². The fourth-order valence-electron chi connectivity index (χ4n) is 2.80. The third kappa shape index (κ3) is 10.6. The molecule has 1 atom stereocenters. The molecule has 1 aromatic rings. The summed E-state index contributed by atoms with van der Waals surface area (Å²) in [5, 5.41) is 7.49. The van der Waals surface area contributed by atoms with Crippen LogP contribution in [-0.2, 0) is 11.2 Å². The van der Waals surface area contributed by atoms with Crippen LogP contribution in [0.5, 0.6) is 0 Å². The molecule has 148 valence electrons. The van der Waals surface area contributed by atoms with E-state index in [0.717, 1.165) is 58.1 Å². The number of benzene rings is 1. The van der Waals surface area contributed by atoms with Gasteiger partial charge in [0, 0.05) is 24.9 Å². The molecule has 1 heterocycles. The van der Waals surface area contributed by atoms with Crippen molar-refractivity contribution in [1.29, 1.82) is 0 Å². The SMILES string of the molecule is CCNC(=NCC1CCCS1)NCCCCOCCc1ccccc1.I. The van der Waals surface area contributed by atoms with Crippen molar-refractivity contribution in [3.63, 3.8) is 0 Å². The number of aliphatic imine (C=N–C) groups is 1. The van der Waals surface area contributed by atoms with E-state index in [1.807, 2.05) is 0 Å². The highest BCUT2D eigenvalue weighted by atomic mass is 127. The van der Waals surface area contributed by atoms with E-state index in [1.165, 1.54) is 24.2 Å². The smallest absolute Gasteiger partial charge is 0.191 e. The zero-order valence-corrected chi connectivity index (χ0v) is 19.1. The lowest BCUT2D eigenvalue weighted by Crippen LogP contribution is -2.38. The first-order valence-corrected chi connectivity index (χ1v) is 10.7. The Morgan fingerprint density at radius 2 is 2.04 bits per heavy atom. The third-order valence-corrected chi connectivity index (χ3v) is 5.59. The number of hydrogen-bond donors (Lipinski definition) is 2. The Bertz CT molecular complexity index is 481. The Hall–Kier alpha value is -0.470. The number of hydrogen-bond acceptors (Lipinski definition) is 3. The monoisotopic (exact) mass is 491 g/mol. The van der Waals surface area contributed by atoms with E-state index in [9.17, 15) is 0 Å². The first kappa shape index (κ1) is 23.6. The predicted octanol–water partition coefficient (Wildman–Crippen LogP) is 4.09. The van der Waals surface area contributed by atoms with E-state index in [4.69, 9.17) is 9.73 Å². The van der Waals surface area contributed by atoms with Gasteiger partial charge in [-0.05, 0) is 50.3 Å². The zero-order valence-electron chi connectivity index (χ0n) is 15.9. The summed E-state index contributed by atoms with van der Waals surface area (Å²) in [5.74, 6) is 2.26. The lowest BCUT2D eigenvalue weighted by atomic mass is 10.2. The van der Waals surface area contributed by atoms with Crippen LogP contribution in [0.25, 0.3) is 0 Å². The van der Waals surface area contributed by atoms with Gasteiger partial charge in [-0.25, -0.2) is 0 Å². The maximum atomic E-state index is 5.73. The van der Waals surface area contributed by atoms with E-state index in [2.05, 4.69) is 59.7 Å². The van der Waals surface area contributed by atoms with Crippen LogP contribution in [0.15, 0.2) is 35.3 Å². The van der Waals surface area contributed by atoms with Crippen LogP contribution in [0.2, 0.25) is 0 Å². The van der Waals surface area contributed by atoms with Gasteiger partial charge >= 0.3 is 0 Å². The van der Waals surface area contributed by atoms with Crippen LogP contribution >= 0.6 is 35.7 Å². The van der Waals surface area contributed by atoms with Crippen molar-refractivity contribution in [3.8, 4) is 0 Å². The Morgan fingerprint density at radius 3 is 2.77 bits per heavy atom. The minimum absolute atomic E-state index is 0. The molecular formula is C20H34IN3OS. The van der Waals surface area contributed by atoms with Gasteiger partial charge in [-0.1, -0.05) is 30.3 Å². The van der Waals surface area contributed by atoms with Crippen molar-refractivity contribution in [1.82, 2.24) is 10.6 Å². The van der Waals surface area contributed by atoms with Crippen LogP contribution in [0, 0.1) is 0 Å². The lowest BCUT2D eigenvalue weighted by Gasteiger charge is -2.12. The number of guanidine groups is 1. The van der Waals surface area contributed by atoms with Crippen molar-refractivity contribution in [2.45, 2.75) is 44.3 Å². The molecule has 1 aromatic carbocycles. The second kappa shape index (κ2) is 15.6. The molecule has 0 aliphatic carbocycles. The van der Waals surface area contributed by atoms with Gasteiger partial charge < -0.3 is 15.4 Å². The number of unbranched alkanes of at least 4 members (excludes halogenated alkanes) is 1. The summed E-state index contributed by atoms with van der Waals surface area (Å²) in [4.78, 5) is 4.72. The second-order valence-corrected chi connectivity index (χ2v) is 7.74. The maximum Gasteiger partial charge on any atom is 0.191 e. The van der Waals surface area contributed by atoms with Gasteiger partial charge in [-0.2, -0.15) is 11.8 Å². The van der Waals surface area contributed by atoms with Crippen molar-refractivity contribution in [2.24, 2.45) is 4.99 Å². The van der Waals surface area contributed by atoms with Gasteiger partial charge in [0.1, 0.15) is 0 Å². The molecule has 0 bridgehead atoms. The minimum atomic E-state index is 0. The zero-order chi connectivity index (χ0) is 17.6. The lowest BCUT2D eigenvalue weighted by molar-refractivity contribution is 0.133. The summed E-state index contributed by atoms with van der Waals surface area (Å²) in [6.45, 7) is 6.55. The quantitative estimate of drug-likeness (QED) is 0.212. The molecule has 0 saturated carbocycles. The van der Waals surface area contributed by atoms with E-state index >= 15 is 0 Å². The Balaban J connectivity index is 0.00000338. The maximum absolute atomic E-state index is 5.73. The first-order valence-electron chi connectivity index (χ1n) is 9.64. The number of rotatable bonds is 11. The van der Waals surface area contributed by atoms with Gasteiger partial charge in [-0.15, -0.1) is 24.0 Å². The van der Waals surface area contributed by atoms with Gasteiger partial charge in [0.25, 0.3) is 0 Å². The predicted molar refractivity (Wildman–Crippen MR) is 125 cm³/mol. The molecule has 0 radical (unpaired) electrons. The Morgan fingerprint density at radius 1 is 1.19 bits per heavy atom. The normalized spacial score (nSPS) is 17.0. The molecule has 26 heavy (non-hydrogen) atoms. The molecule has 2 rings (SSSR count). The third-order valence-electron chi connectivity index (χ3n) is 4.21. The highest BCUT2D eigenvalue weighted by Crippen LogP contribution is 2.25.